The molecule has 2 aromatic rings. The molecule has 1 N–H and O–H groups in total. The molecule has 0 saturated heterocycles. The van der Waals surface area contributed by atoms with Crippen LogP contribution in [0.2, 0.25) is 0 Å². The van der Waals surface area contributed by atoms with Gasteiger partial charge in [-0.1, -0.05) is 37.8 Å². The molecule has 7 heteroatoms. The second kappa shape index (κ2) is 9.91. The van der Waals surface area contributed by atoms with E-state index in [1.54, 1.807) is 31.4 Å². The van der Waals surface area contributed by atoms with Crippen LogP contribution in [-0.4, -0.2) is 30.6 Å². The van der Waals surface area contributed by atoms with Crippen molar-refractivity contribution in [3.63, 3.8) is 0 Å². The Morgan fingerprint density at radius 2 is 1.79 bits per heavy atom. The summed E-state index contributed by atoms with van der Waals surface area (Å²) in [6.45, 7) is -0.128. The van der Waals surface area contributed by atoms with Gasteiger partial charge in [0.15, 0.2) is 6.61 Å². The van der Waals surface area contributed by atoms with Crippen molar-refractivity contribution in [2.24, 2.45) is 0 Å². The van der Waals surface area contributed by atoms with Crippen molar-refractivity contribution in [1.29, 1.82) is 0 Å². The lowest BCUT2D eigenvalue weighted by molar-refractivity contribution is -0.384. The van der Waals surface area contributed by atoms with Crippen LogP contribution in [0.4, 0.5) is 5.69 Å². The van der Waals surface area contributed by atoms with E-state index in [0.29, 0.717) is 17.1 Å². The molecule has 1 aliphatic carbocycles. The molecule has 3 rings (SSSR count). The van der Waals surface area contributed by atoms with Gasteiger partial charge in [0.1, 0.15) is 11.5 Å². The zero-order valence-electron chi connectivity index (χ0n) is 16.6. The predicted molar refractivity (Wildman–Crippen MR) is 110 cm³/mol. The molecule has 1 amide bonds. The van der Waals surface area contributed by atoms with Crippen molar-refractivity contribution in [2.45, 2.75) is 44.6 Å². The number of ether oxygens (including phenoxy) is 2. The van der Waals surface area contributed by atoms with Crippen molar-refractivity contribution in [3.05, 3.63) is 52.6 Å². The maximum absolute atomic E-state index is 12.3. The summed E-state index contributed by atoms with van der Waals surface area (Å²) in [7, 11) is 1.57. The molecule has 0 heterocycles. The zero-order chi connectivity index (χ0) is 20.6. The summed E-state index contributed by atoms with van der Waals surface area (Å²) in [6.07, 6.45) is 6.71. The molecular formula is C22H26N2O5. The van der Waals surface area contributed by atoms with Gasteiger partial charge in [-0.15, -0.1) is 0 Å². The third-order valence-electron chi connectivity index (χ3n) is 5.15. The summed E-state index contributed by atoms with van der Waals surface area (Å²) in [4.78, 5) is 23.1. The summed E-state index contributed by atoms with van der Waals surface area (Å²) in [5.41, 5.74) is 1.27. The van der Waals surface area contributed by atoms with E-state index in [1.807, 2.05) is 0 Å². The number of carbonyl (C=O) groups is 1. The van der Waals surface area contributed by atoms with E-state index in [0.717, 1.165) is 31.2 Å². The van der Waals surface area contributed by atoms with Crippen molar-refractivity contribution in [2.75, 3.05) is 13.7 Å². The summed E-state index contributed by atoms with van der Waals surface area (Å²) < 4.78 is 10.9. The maximum atomic E-state index is 12.3. The Morgan fingerprint density at radius 3 is 2.41 bits per heavy atom. The molecule has 2 aromatic carbocycles. The summed E-state index contributed by atoms with van der Waals surface area (Å²) in [5.74, 6) is 0.942. The molecule has 0 radical (unpaired) electrons. The van der Waals surface area contributed by atoms with E-state index in [4.69, 9.17) is 9.47 Å². The van der Waals surface area contributed by atoms with Gasteiger partial charge in [0.05, 0.1) is 12.0 Å². The topological polar surface area (TPSA) is 90.7 Å². The number of nitro benzene ring substituents is 1. The predicted octanol–water partition coefficient (Wildman–Crippen LogP) is 4.49. The number of nitro groups is 1. The minimum absolute atomic E-state index is 0.0360. The van der Waals surface area contributed by atoms with Crippen LogP contribution in [0.25, 0.3) is 11.1 Å². The lowest BCUT2D eigenvalue weighted by Gasteiger charge is -2.17. The highest BCUT2D eigenvalue weighted by Crippen LogP contribution is 2.34. The fraction of sp³-hybridized carbons (Fsp3) is 0.409. The molecule has 0 aliphatic heterocycles. The average Bonchev–Trinajstić information content (AvgIpc) is 3.00. The highest BCUT2D eigenvalue weighted by molar-refractivity contribution is 5.79. The second-order valence-corrected chi connectivity index (χ2v) is 7.21. The van der Waals surface area contributed by atoms with Crippen molar-refractivity contribution >= 4 is 11.6 Å². The Balaban J connectivity index is 1.73. The van der Waals surface area contributed by atoms with Crippen molar-refractivity contribution in [3.8, 4) is 22.6 Å². The Bertz CT molecular complexity index is 843. The summed E-state index contributed by atoms with van der Waals surface area (Å²) in [6, 6.07) is 11.7. The quantitative estimate of drug-likeness (QED) is 0.422. The molecule has 1 aliphatic rings. The smallest absolute Gasteiger partial charge is 0.270 e. The number of methoxy groups -OCH3 is 1. The number of hydrogen-bond acceptors (Lipinski definition) is 5. The monoisotopic (exact) mass is 398 g/mol. The van der Waals surface area contributed by atoms with Gasteiger partial charge in [-0.05, 0) is 36.6 Å². The van der Waals surface area contributed by atoms with Crippen LogP contribution in [0.15, 0.2) is 42.5 Å². The molecule has 29 heavy (non-hydrogen) atoms. The zero-order valence-corrected chi connectivity index (χ0v) is 16.6. The largest absolute Gasteiger partial charge is 0.497 e. The van der Waals surface area contributed by atoms with E-state index >= 15 is 0 Å². The van der Waals surface area contributed by atoms with E-state index < -0.39 is 4.92 Å². The van der Waals surface area contributed by atoms with E-state index in [-0.39, 0.29) is 24.2 Å². The minimum Gasteiger partial charge on any atom is -0.497 e. The second-order valence-electron chi connectivity index (χ2n) is 7.21. The van der Waals surface area contributed by atoms with Gasteiger partial charge in [0, 0.05) is 23.7 Å². The first-order valence-electron chi connectivity index (χ1n) is 9.92. The number of nitrogens with zero attached hydrogens (tertiary/aromatic N) is 1. The summed E-state index contributed by atoms with van der Waals surface area (Å²) >= 11 is 0. The van der Waals surface area contributed by atoms with Crippen LogP contribution in [0.3, 0.4) is 0 Å². The molecule has 0 spiro atoms. The van der Waals surface area contributed by atoms with Crippen LogP contribution in [0.5, 0.6) is 11.5 Å². The molecule has 154 valence electrons. The summed E-state index contributed by atoms with van der Waals surface area (Å²) in [5, 5.41) is 14.2. The van der Waals surface area contributed by atoms with Crippen LogP contribution < -0.4 is 14.8 Å². The Morgan fingerprint density at radius 1 is 1.10 bits per heavy atom. The molecule has 0 unspecified atom stereocenters. The molecule has 0 atom stereocenters. The van der Waals surface area contributed by atoms with Crippen LogP contribution in [0, 0.1) is 10.1 Å². The van der Waals surface area contributed by atoms with Gasteiger partial charge < -0.3 is 14.8 Å². The third-order valence-corrected chi connectivity index (χ3v) is 5.15. The molecule has 1 fully saturated rings. The lowest BCUT2D eigenvalue weighted by atomic mass is 10.0. The van der Waals surface area contributed by atoms with Gasteiger partial charge in [-0.25, -0.2) is 0 Å². The van der Waals surface area contributed by atoms with E-state index in [2.05, 4.69) is 5.32 Å². The fourth-order valence-corrected chi connectivity index (χ4v) is 3.59. The Labute approximate surface area is 170 Å². The van der Waals surface area contributed by atoms with Gasteiger partial charge >= 0.3 is 0 Å². The third kappa shape index (κ3) is 5.70. The number of non-ortho nitro benzene ring substituents is 1. The van der Waals surface area contributed by atoms with Crippen LogP contribution in [-0.2, 0) is 4.79 Å². The van der Waals surface area contributed by atoms with Crippen LogP contribution in [0.1, 0.15) is 38.5 Å². The molecule has 0 aromatic heterocycles. The van der Waals surface area contributed by atoms with Gasteiger partial charge in [0.2, 0.25) is 0 Å². The first-order valence-corrected chi connectivity index (χ1v) is 9.92. The highest BCUT2D eigenvalue weighted by atomic mass is 16.6. The van der Waals surface area contributed by atoms with E-state index in [9.17, 15) is 14.9 Å². The van der Waals surface area contributed by atoms with Crippen molar-refractivity contribution in [1.82, 2.24) is 5.32 Å². The minimum atomic E-state index is -0.449. The number of benzene rings is 2. The first-order chi connectivity index (χ1) is 14.1. The SMILES string of the molecule is COc1ccc(-c2cc([N+](=O)[O-])ccc2OCC(=O)NC2CCCCCC2)cc1. The number of amides is 1. The lowest BCUT2D eigenvalue weighted by Crippen LogP contribution is -2.37. The maximum Gasteiger partial charge on any atom is 0.270 e. The fourth-order valence-electron chi connectivity index (χ4n) is 3.59. The molecule has 7 nitrogen and oxygen atoms in total. The number of hydrogen-bond donors (Lipinski definition) is 1. The normalized spacial score (nSPS) is 14.7. The number of nitrogens with one attached hydrogen (secondary N) is 1. The van der Waals surface area contributed by atoms with Crippen molar-refractivity contribution < 1.29 is 19.2 Å². The van der Waals surface area contributed by atoms with Gasteiger partial charge in [-0.2, -0.15) is 0 Å². The Kier molecular flexibility index (Phi) is 7.05. The average molecular weight is 398 g/mol. The molecular weight excluding hydrogens is 372 g/mol. The van der Waals surface area contributed by atoms with Gasteiger partial charge in [0.25, 0.3) is 11.6 Å². The molecule has 0 bridgehead atoms. The van der Waals surface area contributed by atoms with Crippen LogP contribution >= 0.6 is 0 Å². The number of rotatable bonds is 7. The standard InChI is InChI=1S/C22H26N2O5/c1-28-19-11-8-16(9-12-19)20-14-18(24(26)27)10-13-21(20)29-15-22(25)23-17-6-4-2-3-5-7-17/h8-14,17H,2-7,15H2,1H3,(H,23,25). The molecule has 1 saturated carbocycles. The number of carbonyl (C=O) groups excluding carboxylic acids is 1. The highest BCUT2D eigenvalue weighted by Gasteiger charge is 2.17. The van der Waals surface area contributed by atoms with Gasteiger partial charge in [-0.3, -0.25) is 14.9 Å². The Hall–Kier alpha value is -3.09. The first kappa shape index (κ1) is 20.6. The van der Waals surface area contributed by atoms with E-state index in [1.165, 1.54) is 31.0 Å².